The Bertz CT molecular complexity index is 1170. The van der Waals surface area contributed by atoms with Crippen LogP contribution in [0, 0.1) is 17.8 Å². The van der Waals surface area contributed by atoms with Crippen LogP contribution in [-0.2, 0) is 29.0 Å². The normalized spacial score (nSPS) is 20.8. The van der Waals surface area contributed by atoms with Crippen molar-refractivity contribution in [2.45, 2.75) is 43.6 Å². The van der Waals surface area contributed by atoms with Crippen molar-refractivity contribution in [2.75, 3.05) is 0 Å². The molecular weight excluding hydrogens is 448 g/mol. The molecule has 0 spiro atoms. The van der Waals surface area contributed by atoms with Crippen LogP contribution in [0.4, 0.5) is 0 Å². The number of hydrogen-bond donors (Lipinski definition) is 0. The Morgan fingerprint density at radius 1 is 0.857 bits per heavy atom. The van der Waals surface area contributed by atoms with E-state index in [-0.39, 0.29) is 5.97 Å². The van der Waals surface area contributed by atoms with Gasteiger partial charge in [-0.25, -0.2) is 0 Å². The summed E-state index contributed by atoms with van der Waals surface area (Å²) >= 11 is 1.84. The number of hydrogen-bond acceptors (Lipinski definition) is 3. The first-order chi connectivity index (χ1) is 17.2. The number of rotatable bonds is 10. The van der Waals surface area contributed by atoms with Crippen LogP contribution in [0.1, 0.15) is 36.0 Å². The molecule has 5 rings (SSSR count). The first-order valence-electron chi connectivity index (χ1n) is 12.6. The summed E-state index contributed by atoms with van der Waals surface area (Å²) in [5.41, 5.74) is 3.65. The molecule has 0 radical (unpaired) electrons. The van der Waals surface area contributed by atoms with Gasteiger partial charge in [0.05, 0.1) is 0 Å². The van der Waals surface area contributed by atoms with Crippen molar-refractivity contribution < 1.29 is 9.53 Å². The number of allylic oxidation sites excluding steroid dienone is 3. The predicted octanol–water partition coefficient (Wildman–Crippen LogP) is 7.79. The van der Waals surface area contributed by atoms with E-state index in [4.69, 9.17) is 4.74 Å². The van der Waals surface area contributed by atoms with Gasteiger partial charge >= 0.3 is 5.97 Å². The fraction of sp³-hybridized carbons (Fsp3) is 0.281. The summed E-state index contributed by atoms with van der Waals surface area (Å²) in [6, 6.07) is 29.3. The largest absolute Gasteiger partial charge is 0.461 e. The minimum atomic E-state index is -0.151. The highest BCUT2D eigenvalue weighted by molar-refractivity contribution is 8.03. The Hall–Kier alpha value is -3.04. The van der Waals surface area contributed by atoms with Gasteiger partial charge in [-0.1, -0.05) is 103 Å². The SMILES string of the molecule is O=C(CCc1ccc(SC2=CC([C@@H]3CC3Cc3ccccc3)CC=C2)cc1)OCc1ccccc1. The van der Waals surface area contributed by atoms with Crippen molar-refractivity contribution in [3.05, 3.63) is 125 Å². The molecule has 35 heavy (non-hydrogen) atoms. The molecule has 0 N–H and O–H groups in total. The minimum absolute atomic E-state index is 0.151. The van der Waals surface area contributed by atoms with Crippen molar-refractivity contribution in [3.8, 4) is 0 Å². The maximum atomic E-state index is 12.1. The molecule has 2 aliphatic carbocycles. The monoisotopic (exact) mass is 480 g/mol. The molecule has 0 amide bonds. The summed E-state index contributed by atoms with van der Waals surface area (Å²) in [5, 5.41) is 0. The summed E-state index contributed by atoms with van der Waals surface area (Å²) in [7, 11) is 0. The Morgan fingerprint density at radius 3 is 2.31 bits per heavy atom. The van der Waals surface area contributed by atoms with Gasteiger partial charge in [-0.2, -0.15) is 0 Å². The van der Waals surface area contributed by atoms with Gasteiger partial charge in [-0.05, 0) is 72.3 Å². The Labute approximate surface area is 213 Å². The lowest BCUT2D eigenvalue weighted by molar-refractivity contribution is -0.144. The number of carbonyl (C=O) groups excluding carboxylic acids is 1. The van der Waals surface area contributed by atoms with Gasteiger partial charge in [0.2, 0.25) is 0 Å². The van der Waals surface area contributed by atoms with E-state index in [1.54, 1.807) is 0 Å². The smallest absolute Gasteiger partial charge is 0.306 e. The summed E-state index contributed by atoms with van der Waals surface area (Å²) in [5.74, 6) is 2.16. The van der Waals surface area contributed by atoms with Gasteiger partial charge in [-0.3, -0.25) is 4.79 Å². The van der Waals surface area contributed by atoms with Crippen LogP contribution < -0.4 is 0 Å². The number of thioether (sulfide) groups is 1. The van der Waals surface area contributed by atoms with Gasteiger partial charge in [0.25, 0.3) is 0 Å². The third-order valence-electron chi connectivity index (χ3n) is 6.96. The minimum Gasteiger partial charge on any atom is -0.461 e. The predicted molar refractivity (Wildman–Crippen MR) is 144 cm³/mol. The second kappa shape index (κ2) is 11.6. The van der Waals surface area contributed by atoms with Crippen LogP contribution >= 0.6 is 11.8 Å². The van der Waals surface area contributed by atoms with Crippen molar-refractivity contribution in [2.24, 2.45) is 17.8 Å². The molecule has 0 bridgehead atoms. The molecular formula is C32H32O2S. The zero-order valence-electron chi connectivity index (χ0n) is 20.0. The highest BCUT2D eigenvalue weighted by Gasteiger charge is 2.41. The summed E-state index contributed by atoms with van der Waals surface area (Å²) < 4.78 is 5.39. The molecule has 1 fully saturated rings. The maximum Gasteiger partial charge on any atom is 0.306 e. The molecule has 3 aromatic carbocycles. The molecule has 0 saturated heterocycles. The Kier molecular flexibility index (Phi) is 7.85. The van der Waals surface area contributed by atoms with Crippen LogP contribution in [0.3, 0.4) is 0 Å². The average molecular weight is 481 g/mol. The van der Waals surface area contributed by atoms with Crippen LogP contribution in [0.25, 0.3) is 0 Å². The first kappa shape index (κ1) is 23.7. The van der Waals surface area contributed by atoms with E-state index >= 15 is 0 Å². The quantitative estimate of drug-likeness (QED) is 0.277. The topological polar surface area (TPSA) is 26.3 Å². The maximum absolute atomic E-state index is 12.1. The van der Waals surface area contributed by atoms with Crippen LogP contribution in [0.15, 0.2) is 113 Å². The molecule has 3 heteroatoms. The van der Waals surface area contributed by atoms with Crippen molar-refractivity contribution in [3.63, 3.8) is 0 Å². The van der Waals surface area contributed by atoms with Crippen molar-refractivity contribution >= 4 is 17.7 Å². The highest BCUT2D eigenvalue weighted by Crippen LogP contribution is 2.50. The highest BCUT2D eigenvalue weighted by atomic mass is 32.2. The van der Waals surface area contributed by atoms with Gasteiger partial charge in [0, 0.05) is 16.2 Å². The van der Waals surface area contributed by atoms with Gasteiger partial charge in [0.15, 0.2) is 0 Å². The number of ether oxygens (including phenoxy) is 1. The second-order valence-electron chi connectivity index (χ2n) is 9.61. The zero-order valence-corrected chi connectivity index (χ0v) is 20.8. The molecule has 0 aromatic heterocycles. The average Bonchev–Trinajstić information content (AvgIpc) is 3.67. The van der Waals surface area contributed by atoms with Crippen LogP contribution in [-0.4, -0.2) is 5.97 Å². The molecule has 2 unspecified atom stereocenters. The number of aryl methyl sites for hydroxylation is 1. The number of carbonyl (C=O) groups is 1. The summed E-state index contributed by atoms with van der Waals surface area (Å²) in [4.78, 5) is 14.7. The molecule has 2 aliphatic rings. The third-order valence-corrected chi connectivity index (χ3v) is 7.97. The Morgan fingerprint density at radius 2 is 1.57 bits per heavy atom. The second-order valence-corrected chi connectivity index (χ2v) is 10.8. The van der Waals surface area contributed by atoms with Crippen LogP contribution in [0.5, 0.6) is 0 Å². The zero-order chi connectivity index (χ0) is 23.9. The summed E-state index contributed by atoms with van der Waals surface area (Å²) in [6.45, 7) is 0.340. The van der Waals surface area contributed by atoms with E-state index in [9.17, 15) is 4.79 Å². The van der Waals surface area contributed by atoms with E-state index < -0.39 is 0 Å². The van der Waals surface area contributed by atoms with E-state index in [0.717, 1.165) is 17.4 Å². The molecule has 1 saturated carbocycles. The van der Waals surface area contributed by atoms with Crippen molar-refractivity contribution in [1.82, 2.24) is 0 Å². The van der Waals surface area contributed by atoms with E-state index in [1.165, 1.54) is 40.2 Å². The summed E-state index contributed by atoms with van der Waals surface area (Å²) in [6.07, 6.45) is 11.9. The van der Waals surface area contributed by atoms with E-state index in [0.29, 0.717) is 25.4 Å². The van der Waals surface area contributed by atoms with Crippen molar-refractivity contribution in [1.29, 1.82) is 0 Å². The third kappa shape index (κ3) is 6.99. The molecule has 2 nitrogen and oxygen atoms in total. The number of esters is 1. The van der Waals surface area contributed by atoms with Crippen LogP contribution in [0.2, 0.25) is 0 Å². The standard InChI is InChI=1S/C32H32O2S/c33-32(34-23-26-10-5-2-6-11-26)19-16-24-14-17-29(18-15-24)35-30-13-7-12-27(21-30)31-22-28(31)20-25-8-3-1-4-9-25/h1-11,13-15,17-18,21,27-28,31H,12,16,19-20,22-23H2/t27?,28?,31-/m0/s1. The van der Waals surface area contributed by atoms with E-state index in [1.807, 2.05) is 42.1 Å². The van der Waals surface area contributed by atoms with E-state index in [2.05, 4.69) is 72.8 Å². The van der Waals surface area contributed by atoms with Gasteiger partial charge in [0.1, 0.15) is 6.61 Å². The first-order valence-corrected chi connectivity index (χ1v) is 13.4. The molecule has 0 heterocycles. The van der Waals surface area contributed by atoms with Gasteiger partial charge < -0.3 is 4.74 Å². The molecule has 3 atom stereocenters. The lowest BCUT2D eigenvalue weighted by Gasteiger charge is -2.17. The fourth-order valence-corrected chi connectivity index (χ4v) is 5.86. The molecule has 178 valence electrons. The van der Waals surface area contributed by atoms with Gasteiger partial charge in [-0.15, -0.1) is 0 Å². The lowest BCUT2D eigenvalue weighted by atomic mass is 9.93. The molecule has 3 aromatic rings. The Balaban J connectivity index is 1.07. The fourth-order valence-electron chi connectivity index (χ4n) is 4.91. The number of benzene rings is 3. The molecule has 0 aliphatic heterocycles. The lowest BCUT2D eigenvalue weighted by Crippen LogP contribution is -2.06.